The van der Waals surface area contributed by atoms with Crippen LogP contribution < -0.4 is 21.1 Å². The predicted octanol–water partition coefficient (Wildman–Crippen LogP) is 2.33. The topological polar surface area (TPSA) is 76.4 Å². The zero-order chi connectivity index (χ0) is 14.4. The number of nitrogens with one attached hydrogen (secondary N) is 2. The minimum Gasteiger partial charge on any atom is -0.497 e. The Morgan fingerprint density at radius 2 is 2.30 bits per heavy atom. The number of anilines is 1. The van der Waals surface area contributed by atoms with Crippen molar-refractivity contribution in [2.24, 2.45) is 11.7 Å². The van der Waals surface area contributed by atoms with E-state index in [0.717, 1.165) is 37.1 Å². The molecule has 4 N–H and O–H groups in total. The fourth-order valence-electron chi connectivity index (χ4n) is 2.63. The van der Waals surface area contributed by atoms with Gasteiger partial charge in [0.25, 0.3) is 0 Å². The van der Waals surface area contributed by atoms with Gasteiger partial charge in [0.1, 0.15) is 5.75 Å². The van der Waals surface area contributed by atoms with Crippen molar-refractivity contribution in [1.29, 1.82) is 0 Å². The van der Waals surface area contributed by atoms with E-state index >= 15 is 0 Å². The van der Waals surface area contributed by atoms with Crippen LogP contribution in [0.25, 0.3) is 0 Å². The Hall–Kier alpha value is -1.75. The summed E-state index contributed by atoms with van der Waals surface area (Å²) in [5.41, 5.74) is 6.67. The summed E-state index contributed by atoms with van der Waals surface area (Å²) in [6.45, 7) is 0.684. The Bertz CT molecular complexity index is 450. The molecular formula is C15H23N3O2. The summed E-state index contributed by atoms with van der Waals surface area (Å²) in [6, 6.07) is 7.41. The lowest BCUT2D eigenvalue weighted by Gasteiger charge is -2.26. The molecule has 0 aromatic heterocycles. The molecule has 5 nitrogen and oxygen atoms in total. The Labute approximate surface area is 119 Å². The Balaban J connectivity index is 1.77. The van der Waals surface area contributed by atoms with Crippen molar-refractivity contribution in [3.05, 3.63) is 24.3 Å². The standard InChI is InChI=1S/C15H23N3O2/c1-20-14-7-3-6-13(9-14)18-15(19)17-10-11-4-2-5-12(16)8-11/h3,6-7,9,11-12H,2,4-5,8,10,16H2,1H3,(H2,17,18,19). The van der Waals surface area contributed by atoms with Gasteiger partial charge in [-0.05, 0) is 37.3 Å². The van der Waals surface area contributed by atoms with E-state index in [1.54, 1.807) is 13.2 Å². The van der Waals surface area contributed by atoms with Gasteiger partial charge in [0, 0.05) is 24.3 Å². The van der Waals surface area contributed by atoms with Gasteiger partial charge in [-0.25, -0.2) is 4.79 Å². The number of urea groups is 1. The third kappa shape index (κ3) is 4.42. The molecule has 0 radical (unpaired) electrons. The smallest absolute Gasteiger partial charge is 0.319 e. The fourth-order valence-corrected chi connectivity index (χ4v) is 2.63. The van der Waals surface area contributed by atoms with Crippen LogP contribution in [-0.2, 0) is 0 Å². The first-order valence-electron chi connectivity index (χ1n) is 7.12. The molecule has 2 amide bonds. The van der Waals surface area contributed by atoms with E-state index in [2.05, 4.69) is 10.6 Å². The van der Waals surface area contributed by atoms with Crippen molar-refractivity contribution in [2.75, 3.05) is 19.0 Å². The van der Waals surface area contributed by atoms with E-state index in [-0.39, 0.29) is 12.1 Å². The normalized spacial score (nSPS) is 22.1. The number of carbonyl (C=O) groups excluding carboxylic acids is 1. The molecule has 0 spiro atoms. The highest BCUT2D eigenvalue weighted by Gasteiger charge is 2.19. The highest BCUT2D eigenvalue weighted by atomic mass is 16.5. The van der Waals surface area contributed by atoms with E-state index in [0.29, 0.717) is 12.5 Å². The third-order valence-corrected chi connectivity index (χ3v) is 3.70. The monoisotopic (exact) mass is 277 g/mol. The average Bonchev–Trinajstić information content (AvgIpc) is 2.45. The van der Waals surface area contributed by atoms with Gasteiger partial charge in [-0.1, -0.05) is 12.5 Å². The van der Waals surface area contributed by atoms with Crippen LogP contribution in [0.1, 0.15) is 25.7 Å². The zero-order valence-corrected chi connectivity index (χ0v) is 11.9. The van der Waals surface area contributed by atoms with E-state index in [9.17, 15) is 4.79 Å². The number of hydrogen-bond donors (Lipinski definition) is 3. The van der Waals surface area contributed by atoms with Gasteiger partial charge >= 0.3 is 6.03 Å². The summed E-state index contributed by atoms with van der Waals surface area (Å²) in [5.74, 6) is 1.22. The first-order valence-corrected chi connectivity index (χ1v) is 7.12. The highest BCUT2D eigenvalue weighted by molar-refractivity contribution is 5.89. The molecular weight excluding hydrogens is 254 g/mol. The van der Waals surface area contributed by atoms with Crippen LogP contribution in [0.15, 0.2) is 24.3 Å². The fraction of sp³-hybridized carbons (Fsp3) is 0.533. The van der Waals surface area contributed by atoms with Crippen LogP contribution in [0, 0.1) is 5.92 Å². The quantitative estimate of drug-likeness (QED) is 0.790. The van der Waals surface area contributed by atoms with E-state index < -0.39 is 0 Å². The molecule has 1 saturated carbocycles. The molecule has 1 aliphatic rings. The largest absolute Gasteiger partial charge is 0.497 e. The van der Waals surface area contributed by atoms with Gasteiger partial charge < -0.3 is 21.1 Å². The van der Waals surface area contributed by atoms with Crippen LogP contribution in [0.5, 0.6) is 5.75 Å². The molecule has 2 atom stereocenters. The Kier molecular flexibility index (Phi) is 5.24. The first-order chi connectivity index (χ1) is 9.67. The van der Waals surface area contributed by atoms with Crippen molar-refractivity contribution in [3.63, 3.8) is 0 Å². The zero-order valence-electron chi connectivity index (χ0n) is 11.9. The maximum absolute atomic E-state index is 11.8. The van der Waals surface area contributed by atoms with Crippen LogP contribution in [-0.4, -0.2) is 25.7 Å². The Morgan fingerprint density at radius 3 is 3.05 bits per heavy atom. The molecule has 0 aliphatic heterocycles. The molecule has 0 bridgehead atoms. The predicted molar refractivity (Wildman–Crippen MR) is 79.9 cm³/mol. The molecule has 5 heteroatoms. The van der Waals surface area contributed by atoms with Crippen molar-refractivity contribution in [1.82, 2.24) is 5.32 Å². The maximum atomic E-state index is 11.8. The van der Waals surface area contributed by atoms with Gasteiger partial charge in [0.15, 0.2) is 0 Å². The molecule has 2 rings (SSSR count). The van der Waals surface area contributed by atoms with Crippen LogP contribution in [0.2, 0.25) is 0 Å². The van der Waals surface area contributed by atoms with Gasteiger partial charge in [-0.15, -0.1) is 0 Å². The molecule has 1 fully saturated rings. The average molecular weight is 277 g/mol. The lowest BCUT2D eigenvalue weighted by atomic mass is 9.86. The lowest BCUT2D eigenvalue weighted by molar-refractivity contribution is 0.245. The van der Waals surface area contributed by atoms with E-state index in [4.69, 9.17) is 10.5 Å². The number of ether oxygens (including phenoxy) is 1. The van der Waals surface area contributed by atoms with Crippen molar-refractivity contribution < 1.29 is 9.53 Å². The van der Waals surface area contributed by atoms with Gasteiger partial charge in [-0.2, -0.15) is 0 Å². The molecule has 0 saturated heterocycles. The summed E-state index contributed by atoms with van der Waals surface area (Å²) in [7, 11) is 1.60. The summed E-state index contributed by atoms with van der Waals surface area (Å²) in [6.07, 6.45) is 4.41. The number of hydrogen-bond acceptors (Lipinski definition) is 3. The minimum absolute atomic E-state index is 0.183. The number of benzene rings is 1. The molecule has 1 aromatic rings. The van der Waals surface area contributed by atoms with Gasteiger partial charge in [0.2, 0.25) is 0 Å². The molecule has 0 heterocycles. The number of amides is 2. The summed E-state index contributed by atoms with van der Waals surface area (Å²) >= 11 is 0. The van der Waals surface area contributed by atoms with Gasteiger partial charge in [0.05, 0.1) is 7.11 Å². The minimum atomic E-state index is -0.183. The second kappa shape index (κ2) is 7.14. The lowest BCUT2D eigenvalue weighted by Crippen LogP contribution is -2.37. The SMILES string of the molecule is COc1cccc(NC(=O)NCC2CCCC(N)C2)c1. The van der Waals surface area contributed by atoms with Crippen molar-refractivity contribution in [2.45, 2.75) is 31.7 Å². The second-order valence-electron chi connectivity index (χ2n) is 5.36. The van der Waals surface area contributed by atoms with E-state index in [1.165, 1.54) is 0 Å². The Morgan fingerprint density at radius 1 is 1.45 bits per heavy atom. The van der Waals surface area contributed by atoms with Crippen LogP contribution in [0.3, 0.4) is 0 Å². The first kappa shape index (κ1) is 14.7. The molecule has 1 aliphatic carbocycles. The highest BCUT2D eigenvalue weighted by Crippen LogP contribution is 2.22. The summed E-state index contributed by atoms with van der Waals surface area (Å²) in [4.78, 5) is 11.8. The number of carbonyl (C=O) groups is 1. The molecule has 20 heavy (non-hydrogen) atoms. The van der Waals surface area contributed by atoms with E-state index in [1.807, 2.05) is 18.2 Å². The second-order valence-corrected chi connectivity index (χ2v) is 5.36. The number of rotatable bonds is 4. The summed E-state index contributed by atoms with van der Waals surface area (Å²) in [5, 5.41) is 5.72. The van der Waals surface area contributed by atoms with Crippen LogP contribution in [0.4, 0.5) is 10.5 Å². The van der Waals surface area contributed by atoms with Crippen molar-refractivity contribution in [3.8, 4) is 5.75 Å². The van der Waals surface area contributed by atoms with Gasteiger partial charge in [-0.3, -0.25) is 0 Å². The van der Waals surface area contributed by atoms with Crippen molar-refractivity contribution >= 4 is 11.7 Å². The molecule has 2 unspecified atom stereocenters. The maximum Gasteiger partial charge on any atom is 0.319 e. The number of nitrogens with two attached hydrogens (primary N) is 1. The van der Waals surface area contributed by atoms with Crippen LogP contribution >= 0.6 is 0 Å². The molecule has 110 valence electrons. The summed E-state index contributed by atoms with van der Waals surface area (Å²) < 4.78 is 5.12. The molecule has 1 aromatic carbocycles. The number of methoxy groups -OCH3 is 1. The third-order valence-electron chi connectivity index (χ3n) is 3.70.